The van der Waals surface area contributed by atoms with E-state index in [-0.39, 0.29) is 34.7 Å². The summed E-state index contributed by atoms with van der Waals surface area (Å²) in [6, 6.07) is 9.75. The third-order valence-electron chi connectivity index (χ3n) is 6.49. The molecule has 8 nitrogen and oxygen atoms in total. The average molecular weight is 507 g/mol. The fourth-order valence-corrected chi connectivity index (χ4v) is 4.89. The van der Waals surface area contributed by atoms with Crippen molar-refractivity contribution in [3.8, 4) is 5.75 Å². The minimum absolute atomic E-state index is 0.00790. The number of nitrogens with one attached hydrogen (secondary N) is 2. The zero-order valence-corrected chi connectivity index (χ0v) is 20.3. The van der Waals surface area contributed by atoms with Gasteiger partial charge in [0.1, 0.15) is 5.75 Å². The van der Waals surface area contributed by atoms with Crippen LogP contribution in [0.4, 0.5) is 5.69 Å². The highest BCUT2D eigenvalue weighted by molar-refractivity contribution is 6.32. The maximum atomic E-state index is 12.7. The first-order valence-electron chi connectivity index (χ1n) is 11.2. The quantitative estimate of drug-likeness (QED) is 0.496. The average Bonchev–Trinajstić information content (AvgIpc) is 3.20. The summed E-state index contributed by atoms with van der Waals surface area (Å²) in [6.45, 7) is 2.03. The number of phenols is 1. The predicted octanol–water partition coefficient (Wildman–Crippen LogP) is 2.50. The van der Waals surface area contributed by atoms with Crippen molar-refractivity contribution in [2.24, 2.45) is 0 Å². The van der Waals surface area contributed by atoms with E-state index in [2.05, 4.69) is 10.6 Å². The summed E-state index contributed by atoms with van der Waals surface area (Å²) in [6.07, 6.45) is 0.894. The number of carbonyl (C=O) groups is 2. The zero-order valence-electron chi connectivity index (χ0n) is 18.8. The van der Waals surface area contributed by atoms with Gasteiger partial charge in [-0.1, -0.05) is 23.2 Å². The van der Waals surface area contributed by atoms with Gasteiger partial charge in [0.05, 0.1) is 28.4 Å². The number of anilines is 1. The molecule has 2 aliphatic rings. The Kier molecular flexibility index (Phi) is 7.52. The predicted molar refractivity (Wildman–Crippen MR) is 132 cm³/mol. The maximum Gasteiger partial charge on any atom is 0.253 e. The summed E-state index contributed by atoms with van der Waals surface area (Å²) in [5.41, 5.74) is 1.48. The molecule has 10 heteroatoms. The van der Waals surface area contributed by atoms with E-state index in [4.69, 9.17) is 23.2 Å². The van der Waals surface area contributed by atoms with E-state index < -0.39 is 6.10 Å². The molecule has 4 rings (SSSR count). The summed E-state index contributed by atoms with van der Waals surface area (Å²) in [5.74, 6) is -0.445. The second-order valence-corrected chi connectivity index (χ2v) is 9.56. The van der Waals surface area contributed by atoms with Gasteiger partial charge in [0.15, 0.2) is 0 Å². The van der Waals surface area contributed by atoms with Gasteiger partial charge in [-0.3, -0.25) is 9.59 Å². The first-order valence-corrected chi connectivity index (χ1v) is 12.0. The number of amides is 2. The van der Waals surface area contributed by atoms with Crippen molar-refractivity contribution in [2.45, 2.75) is 31.0 Å². The van der Waals surface area contributed by atoms with Gasteiger partial charge in [0, 0.05) is 55.9 Å². The molecule has 2 aliphatic heterocycles. The number of aromatic hydroxyl groups is 1. The lowest BCUT2D eigenvalue weighted by Gasteiger charge is -2.34. The fraction of sp³-hybridized carbons (Fsp3) is 0.417. The number of halogens is 2. The highest BCUT2D eigenvalue weighted by Gasteiger charge is 2.35. The van der Waals surface area contributed by atoms with E-state index in [1.54, 1.807) is 24.3 Å². The molecule has 34 heavy (non-hydrogen) atoms. The molecule has 1 unspecified atom stereocenters. The number of nitrogens with zero attached hydrogens (tertiary/aromatic N) is 2. The number of piperidine rings is 1. The number of aliphatic hydroxyl groups excluding tert-OH is 1. The van der Waals surface area contributed by atoms with Gasteiger partial charge in [0.25, 0.3) is 11.8 Å². The minimum Gasteiger partial charge on any atom is -0.506 e. The molecule has 0 radical (unpaired) electrons. The monoisotopic (exact) mass is 506 g/mol. The van der Waals surface area contributed by atoms with Crippen LogP contribution in [0.5, 0.6) is 5.75 Å². The van der Waals surface area contributed by atoms with Gasteiger partial charge >= 0.3 is 0 Å². The molecule has 0 saturated carbocycles. The molecule has 2 fully saturated rings. The molecular formula is C24H28Cl2N4O4. The number of likely N-dealkylation sites (tertiary alicyclic amines) is 1. The summed E-state index contributed by atoms with van der Waals surface area (Å²) < 4.78 is 0. The van der Waals surface area contributed by atoms with E-state index >= 15 is 0 Å². The minimum atomic E-state index is -0.649. The topological polar surface area (TPSA) is 105 Å². The van der Waals surface area contributed by atoms with E-state index in [9.17, 15) is 19.8 Å². The van der Waals surface area contributed by atoms with Crippen molar-refractivity contribution in [2.75, 3.05) is 38.1 Å². The van der Waals surface area contributed by atoms with Crippen LogP contribution >= 0.6 is 23.2 Å². The molecule has 0 bridgehead atoms. The summed E-state index contributed by atoms with van der Waals surface area (Å²) in [7, 11) is 1.53. The van der Waals surface area contributed by atoms with Crippen molar-refractivity contribution in [1.29, 1.82) is 0 Å². The van der Waals surface area contributed by atoms with Crippen molar-refractivity contribution in [3.63, 3.8) is 0 Å². The van der Waals surface area contributed by atoms with Gasteiger partial charge in [-0.2, -0.15) is 0 Å². The van der Waals surface area contributed by atoms with Crippen molar-refractivity contribution in [1.82, 2.24) is 15.5 Å². The van der Waals surface area contributed by atoms with Gasteiger partial charge in [-0.15, -0.1) is 0 Å². The summed E-state index contributed by atoms with van der Waals surface area (Å²) in [4.78, 5) is 28.8. The Labute approximate surface area is 208 Å². The molecule has 2 heterocycles. The SMILES string of the molecule is CNC(=O)c1cc(Cl)c(O)cc1N1CC(NC2CCN(C(=O)c3ccc(Cl)cc3)CC2)[C@H](O)C1. The van der Waals surface area contributed by atoms with Crippen LogP contribution < -0.4 is 15.5 Å². The number of rotatable bonds is 5. The number of hydrogen-bond acceptors (Lipinski definition) is 6. The largest absolute Gasteiger partial charge is 0.506 e. The standard InChI is InChI=1S/C24H28Cl2N4O4/c1-27-23(33)17-10-18(26)21(31)11-20(17)30-12-19(22(32)13-30)28-16-6-8-29(9-7-16)24(34)14-2-4-15(25)5-3-14/h2-5,10-11,16,19,22,28,31-32H,6-9,12-13H2,1H3,(H,27,33)/t19?,22-/m1/s1. The summed E-state index contributed by atoms with van der Waals surface area (Å²) >= 11 is 11.9. The van der Waals surface area contributed by atoms with Crippen LogP contribution in [0.3, 0.4) is 0 Å². The van der Waals surface area contributed by atoms with E-state index in [1.807, 2.05) is 9.80 Å². The molecule has 2 amide bonds. The second kappa shape index (κ2) is 10.4. The molecular weight excluding hydrogens is 479 g/mol. The highest BCUT2D eigenvalue weighted by Crippen LogP contribution is 2.34. The lowest BCUT2D eigenvalue weighted by molar-refractivity contribution is 0.0691. The molecule has 182 valence electrons. The van der Waals surface area contributed by atoms with Crippen LogP contribution in [0.15, 0.2) is 36.4 Å². The van der Waals surface area contributed by atoms with Gasteiger partial charge in [-0.25, -0.2) is 0 Å². The van der Waals surface area contributed by atoms with Crippen LogP contribution in [-0.4, -0.2) is 78.3 Å². The van der Waals surface area contributed by atoms with Gasteiger partial charge in [-0.05, 0) is 43.2 Å². The Bertz CT molecular complexity index is 1060. The lowest BCUT2D eigenvalue weighted by atomic mass is 10.0. The van der Waals surface area contributed by atoms with Crippen molar-refractivity contribution >= 4 is 40.7 Å². The van der Waals surface area contributed by atoms with Crippen LogP contribution in [0, 0.1) is 0 Å². The normalized spacial score (nSPS) is 21.1. The maximum absolute atomic E-state index is 12.7. The smallest absolute Gasteiger partial charge is 0.253 e. The number of benzene rings is 2. The van der Waals surface area contributed by atoms with Crippen molar-refractivity contribution < 1.29 is 19.8 Å². The van der Waals surface area contributed by atoms with E-state index in [0.717, 1.165) is 12.8 Å². The number of hydrogen-bond donors (Lipinski definition) is 4. The lowest BCUT2D eigenvalue weighted by Crippen LogP contribution is -2.50. The molecule has 2 atom stereocenters. The Morgan fingerprint density at radius 2 is 1.74 bits per heavy atom. The Morgan fingerprint density at radius 3 is 2.38 bits per heavy atom. The Morgan fingerprint density at radius 1 is 1.06 bits per heavy atom. The Hall–Kier alpha value is -2.52. The molecule has 0 aromatic heterocycles. The van der Waals surface area contributed by atoms with E-state index in [1.165, 1.54) is 19.2 Å². The first kappa shape index (κ1) is 24.6. The first-order chi connectivity index (χ1) is 16.3. The number of phenolic OH excluding ortho intramolecular Hbond substituents is 1. The van der Waals surface area contributed by atoms with Gasteiger partial charge < -0.3 is 30.6 Å². The zero-order chi connectivity index (χ0) is 24.4. The second-order valence-electron chi connectivity index (χ2n) is 8.72. The number of β-amino-alcohol motifs (C(OH)–C–C–N with tert-alkyl or cyclic N) is 1. The van der Waals surface area contributed by atoms with Gasteiger partial charge in [0.2, 0.25) is 0 Å². The molecule has 2 aromatic rings. The van der Waals surface area contributed by atoms with Crippen LogP contribution in [0.25, 0.3) is 0 Å². The Balaban J connectivity index is 1.37. The van der Waals surface area contributed by atoms with Crippen LogP contribution in [0.1, 0.15) is 33.6 Å². The van der Waals surface area contributed by atoms with Crippen molar-refractivity contribution in [3.05, 3.63) is 57.6 Å². The number of carbonyl (C=O) groups excluding carboxylic acids is 2. The third kappa shape index (κ3) is 5.25. The molecule has 2 aromatic carbocycles. The molecule has 4 N–H and O–H groups in total. The molecule has 2 saturated heterocycles. The molecule has 0 aliphatic carbocycles. The third-order valence-corrected chi connectivity index (χ3v) is 7.04. The fourth-order valence-electron chi connectivity index (χ4n) is 4.60. The summed E-state index contributed by atoms with van der Waals surface area (Å²) in [5, 5.41) is 27.6. The molecule has 0 spiro atoms. The highest BCUT2D eigenvalue weighted by atomic mass is 35.5. The van der Waals surface area contributed by atoms with E-state index in [0.29, 0.717) is 48.0 Å². The van der Waals surface area contributed by atoms with Crippen LogP contribution in [-0.2, 0) is 0 Å². The number of aliphatic hydroxyl groups is 1. The van der Waals surface area contributed by atoms with Crippen LogP contribution in [0.2, 0.25) is 10.0 Å².